The van der Waals surface area contributed by atoms with Gasteiger partial charge in [0, 0.05) is 5.02 Å². The molecule has 2 rings (SSSR count). The average molecular weight is 224 g/mol. The van der Waals surface area contributed by atoms with Crippen LogP contribution < -0.4 is 5.43 Å². The lowest BCUT2D eigenvalue weighted by atomic mass is 10.2. The van der Waals surface area contributed by atoms with Crippen molar-refractivity contribution in [1.29, 1.82) is 5.26 Å². The molecule has 14 heavy (non-hydrogen) atoms. The first-order valence-electron chi connectivity index (χ1n) is 3.95. The highest BCUT2D eigenvalue weighted by molar-refractivity contribution is 8.14. The van der Waals surface area contributed by atoms with Crippen LogP contribution in [0.1, 0.15) is 10.9 Å². The third kappa shape index (κ3) is 1.84. The van der Waals surface area contributed by atoms with E-state index in [2.05, 4.69) is 10.5 Å². The zero-order valence-electron chi connectivity index (χ0n) is 7.07. The number of nitrogens with one attached hydrogen (secondary N) is 1. The molecular weight excluding hydrogens is 218 g/mol. The zero-order chi connectivity index (χ0) is 9.97. The molecule has 3 nitrogen and oxygen atoms in total. The maximum atomic E-state index is 8.61. The van der Waals surface area contributed by atoms with E-state index in [0.717, 1.165) is 5.56 Å². The quantitative estimate of drug-likeness (QED) is 0.796. The fourth-order valence-corrected chi connectivity index (χ4v) is 2.02. The van der Waals surface area contributed by atoms with E-state index in [1.54, 1.807) is 0 Å². The molecule has 0 radical (unpaired) electrons. The number of hydrogen-bond donors (Lipinski definition) is 1. The summed E-state index contributed by atoms with van der Waals surface area (Å²) in [5, 5.41) is 13.7. The molecule has 0 saturated heterocycles. The molecule has 1 aromatic rings. The largest absolute Gasteiger partial charge is 0.290 e. The highest BCUT2D eigenvalue weighted by Gasteiger charge is 2.20. The Morgan fingerprint density at radius 3 is 2.71 bits per heavy atom. The second-order valence-corrected chi connectivity index (χ2v) is 4.24. The van der Waals surface area contributed by atoms with Gasteiger partial charge < -0.3 is 0 Å². The van der Waals surface area contributed by atoms with E-state index in [1.807, 2.05) is 30.3 Å². The lowest BCUT2D eigenvalue weighted by Gasteiger charge is -2.08. The fraction of sp³-hybridized carbons (Fsp3) is 0.111. The van der Waals surface area contributed by atoms with Gasteiger partial charge in [0.05, 0.1) is 0 Å². The zero-order valence-corrected chi connectivity index (χ0v) is 8.64. The summed E-state index contributed by atoms with van der Waals surface area (Å²) in [5.74, 6) is 0. The minimum Gasteiger partial charge on any atom is -0.290 e. The van der Waals surface area contributed by atoms with Gasteiger partial charge in [-0.05, 0) is 17.7 Å². The number of halogens is 1. The van der Waals surface area contributed by atoms with Crippen LogP contribution in [0.5, 0.6) is 0 Å². The van der Waals surface area contributed by atoms with Gasteiger partial charge in [0.2, 0.25) is 0 Å². The van der Waals surface area contributed by atoms with Crippen LogP contribution in [0.4, 0.5) is 0 Å². The lowest BCUT2D eigenvalue weighted by Crippen LogP contribution is -2.06. The molecule has 0 spiro atoms. The van der Waals surface area contributed by atoms with Crippen LogP contribution in [0.25, 0.3) is 0 Å². The van der Waals surface area contributed by atoms with Crippen LogP contribution in [0, 0.1) is 11.3 Å². The lowest BCUT2D eigenvalue weighted by molar-refractivity contribution is 0.744. The number of benzene rings is 1. The Morgan fingerprint density at radius 2 is 2.14 bits per heavy atom. The highest BCUT2D eigenvalue weighted by atomic mass is 35.5. The summed E-state index contributed by atoms with van der Waals surface area (Å²) >= 11 is 7.17. The molecule has 1 aliphatic rings. The van der Waals surface area contributed by atoms with Crippen molar-refractivity contribution in [1.82, 2.24) is 5.43 Å². The summed E-state index contributed by atoms with van der Waals surface area (Å²) in [5.41, 5.74) is 3.94. The van der Waals surface area contributed by atoms with Gasteiger partial charge in [0.1, 0.15) is 11.4 Å². The Balaban J connectivity index is 2.13. The summed E-state index contributed by atoms with van der Waals surface area (Å²) < 4.78 is 0. The normalized spacial score (nSPS) is 19.7. The predicted molar refractivity (Wildman–Crippen MR) is 58.0 cm³/mol. The van der Waals surface area contributed by atoms with E-state index in [4.69, 9.17) is 16.9 Å². The van der Waals surface area contributed by atoms with Crippen molar-refractivity contribution in [3.05, 3.63) is 34.9 Å². The number of thioether (sulfide) groups is 1. The van der Waals surface area contributed by atoms with Crippen LogP contribution in [0.2, 0.25) is 5.02 Å². The van der Waals surface area contributed by atoms with E-state index < -0.39 is 0 Å². The summed E-state index contributed by atoms with van der Waals surface area (Å²) in [6.45, 7) is 0. The average Bonchev–Trinajstić information content (AvgIpc) is 2.67. The van der Waals surface area contributed by atoms with Crippen LogP contribution in [-0.2, 0) is 0 Å². The Labute approximate surface area is 90.8 Å². The van der Waals surface area contributed by atoms with E-state index in [9.17, 15) is 0 Å². The number of rotatable bonds is 1. The first kappa shape index (κ1) is 9.38. The van der Waals surface area contributed by atoms with Gasteiger partial charge in [-0.2, -0.15) is 10.4 Å². The Kier molecular flexibility index (Phi) is 2.62. The van der Waals surface area contributed by atoms with Crippen molar-refractivity contribution in [3.63, 3.8) is 0 Å². The molecule has 0 aliphatic carbocycles. The molecule has 0 bridgehead atoms. The number of nitrogens with zero attached hydrogens (tertiary/aromatic N) is 2. The minimum atomic E-state index is 0.0296. The monoisotopic (exact) mass is 223 g/mol. The maximum absolute atomic E-state index is 8.61. The third-order valence-electron chi connectivity index (χ3n) is 1.78. The molecule has 5 heteroatoms. The molecule has 1 aliphatic heterocycles. The highest BCUT2D eigenvalue weighted by Crippen LogP contribution is 2.31. The SMILES string of the molecule is N#CC1=NN[C@H](c2ccc(Cl)cc2)S1. The van der Waals surface area contributed by atoms with Crippen molar-refractivity contribution in [2.45, 2.75) is 5.37 Å². The summed E-state index contributed by atoms with van der Waals surface area (Å²) in [6.07, 6.45) is 0. The van der Waals surface area contributed by atoms with E-state index >= 15 is 0 Å². The molecule has 0 saturated carbocycles. The van der Waals surface area contributed by atoms with Crippen molar-refractivity contribution in [2.24, 2.45) is 5.10 Å². The Hall–Kier alpha value is -1.18. The first-order valence-corrected chi connectivity index (χ1v) is 5.21. The van der Waals surface area contributed by atoms with Gasteiger partial charge in [-0.1, -0.05) is 35.5 Å². The van der Waals surface area contributed by atoms with Gasteiger partial charge in [-0.3, -0.25) is 5.43 Å². The molecule has 1 aromatic carbocycles. The van der Waals surface area contributed by atoms with Crippen molar-refractivity contribution < 1.29 is 0 Å². The van der Waals surface area contributed by atoms with Crippen LogP contribution in [0.15, 0.2) is 29.4 Å². The first-order chi connectivity index (χ1) is 6.79. The predicted octanol–water partition coefficient (Wildman–Crippen LogP) is 2.51. The van der Waals surface area contributed by atoms with Crippen LogP contribution in [-0.4, -0.2) is 5.04 Å². The van der Waals surface area contributed by atoms with E-state index in [-0.39, 0.29) is 5.37 Å². The minimum absolute atomic E-state index is 0.0296. The summed E-state index contributed by atoms with van der Waals surface area (Å²) in [7, 11) is 0. The smallest absolute Gasteiger partial charge is 0.195 e. The number of hydrogen-bond acceptors (Lipinski definition) is 4. The molecule has 0 unspecified atom stereocenters. The molecule has 70 valence electrons. The topological polar surface area (TPSA) is 48.2 Å². The van der Waals surface area contributed by atoms with Crippen molar-refractivity contribution in [3.8, 4) is 6.07 Å². The second kappa shape index (κ2) is 3.91. The molecule has 0 amide bonds. The van der Waals surface area contributed by atoms with Gasteiger partial charge >= 0.3 is 0 Å². The van der Waals surface area contributed by atoms with Crippen molar-refractivity contribution in [2.75, 3.05) is 0 Å². The second-order valence-electron chi connectivity index (χ2n) is 2.71. The molecule has 0 fully saturated rings. The van der Waals surface area contributed by atoms with E-state index in [1.165, 1.54) is 11.8 Å². The third-order valence-corrected chi connectivity index (χ3v) is 3.05. The summed E-state index contributed by atoms with van der Waals surface area (Å²) in [4.78, 5) is 0. The standard InChI is InChI=1S/C9H6ClN3S/c10-7-3-1-6(2-4-7)9-13-12-8(5-11)14-9/h1-4,9,13H/t9-/m0/s1. The summed E-state index contributed by atoms with van der Waals surface area (Å²) in [6, 6.07) is 9.48. The van der Waals surface area contributed by atoms with Gasteiger partial charge in [-0.25, -0.2) is 0 Å². The number of nitriles is 1. The molecular formula is C9H6ClN3S. The van der Waals surface area contributed by atoms with Crippen molar-refractivity contribution >= 4 is 28.4 Å². The van der Waals surface area contributed by atoms with Crippen LogP contribution in [0.3, 0.4) is 0 Å². The fourth-order valence-electron chi connectivity index (χ4n) is 1.11. The molecule has 1 heterocycles. The van der Waals surface area contributed by atoms with E-state index in [0.29, 0.717) is 10.1 Å². The number of hydrazone groups is 1. The van der Waals surface area contributed by atoms with Gasteiger partial charge in [-0.15, -0.1) is 0 Å². The Bertz CT molecular complexity index is 407. The molecule has 1 atom stereocenters. The molecule has 0 aromatic heterocycles. The maximum Gasteiger partial charge on any atom is 0.195 e. The Morgan fingerprint density at radius 1 is 1.43 bits per heavy atom. The molecule has 1 N–H and O–H groups in total. The van der Waals surface area contributed by atoms with Crippen LogP contribution >= 0.6 is 23.4 Å². The van der Waals surface area contributed by atoms with Gasteiger partial charge in [0.15, 0.2) is 5.04 Å². The van der Waals surface area contributed by atoms with Gasteiger partial charge in [0.25, 0.3) is 0 Å².